The van der Waals surface area contributed by atoms with E-state index in [9.17, 15) is 0 Å². The van der Waals surface area contributed by atoms with Crippen molar-refractivity contribution in [2.75, 3.05) is 110 Å². The molecule has 8 nitrogen and oxygen atoms in total. The lowest BCUT2D eigenvalue weighted by atomic mass is 9.98. The summed E-state index contributed by atoms with van der Waals surface area (Å²) in [5, 5.41) is 11.9. The van der Waals surface area contributed by atoms with Crippen molar-refractivity contribution in [1.29, 1.82) is 0 Å². The molecule has 0 unspecified atom stereocenters. The average molecular weight is 652 g/mol. The first-order valence-electron chi connectivity index (χ1n) is 16.5. The van der Waals surface area contributed by atoms with Crippen LogP contribution >= 0.6 is 15.9 Å². The predicted octanol–water partition coefficient (Wildman–Crippen LogP) is 1.14. The van der Waals surface area contributed by atoms with E-state index >= 15 is 0 Å². The minimum Gasteiger partial charge on any atom is -0.383 e. The molecule has 5 aliphatic rings. The topological polar surface area (TPSA) is 46.7 Å². The van der Waals surface area contributed by atoms with Gasteiger partial charge < -0.3 is 29.5 Å². The van der Waals surface area contributed by atoms with Crippen molar-refractivity contribution < 1.29 is 9.47 Å². The number of anilines is 1. The Bertz CT molecular complexity index is 1530. The van der Waals surface area contributed by atoms with Gasteiger partial charge in [-0.15, -0.1) is 0 Å². The van der Waals surface area contributed by atoms with Crippen molar-refractivity contribution in [2.24, 2.45) is 0 Å². The van der Waals surface area contributed by atoms with Crippen LogP contribution < -0.4 is 26.2 Å². The smallest absolute Gasteiger partial charge is 0.0594 e. The van der Waals surface area contributed by atoms with Crippen molar-refractivity contribution in [3.8, 4) is 0 Å². The van der Waals surface area contributed by atoms with Crippen molar-refractivity contribution >= 4 is 57.2 Å². The summed E-state index contributed by atoms with van der Waals surface area (Å²) in [5.41, 5.74) is 1.26. The van der Waals surface area contributed by atoms with Crippen LogP contribution in [-0.2, 0) is 9.47 Å². The van der Waals surface area contributed by atoms with Crippen molar-refractivity contribution in [3.05, 3.63) is 37.5 Å². The van der Waals surface area contributed by atoms with Gasteiger partial charge in [0.25, 0.3) is 0 Å². The molecule has 9 heteroatoms. The third kappa shape index (κ3) is 6.92. The Morgan fingerprint density at radius 1 is 0.605 bits per heavy atom. The van der Waals surface area contributed by atoms with E-state index < -0.39 is 0 Å². The van der Waals surface area contributed by atoms with Gasteiger partial charge in [0, 0.05) is 132 Å². The zero-order valence-corrected chi connectivity index (χ0v) is 27.1. The molecule has 0 radical (unpaired) electrons. The molecule has 5 aliphatic heterocycles. The minimum atomic E-state index is 0.863. The van der Waals surface area contributed by atoms with Gasteiger partial charge in [-0.25, -0.2) is 0 Å². The van der Waals surface area contributed by atoms with Gasteiger partial charge in [0.15, 0.2) is 0 Å². The molecule has 0 spiro atoms. The molecule has 1 N–H and O–H groups in total. The van der Waals surface area contributed by atoms with Crippen LogP contribution in [0.3, 0.4) is 0 Å². The standard InChI is InChI=1S/C34H47BrN6O2/c35-31-21-27-23-41(11-4-9-39-15-19-43-20-16-39)26-30-32(36-5-12-37-6-1-2-7-37)22-28-24-40(25-29(31)33(28)34(27)30)10-3-8-38-13-17-42-18-14-38/h21-26,36H,1-20H2. The molecule has 3 fully saturated rings. The number of morpholine rings is 2. The van der Waals surface area contributed by atoms with Crippen molar-refractivity contribution in [1.82, 2.24) is 24.5 Å². The molecular formula is C34H47BrN6O2. The fraction of sp³-hybridized carbons (Fsp3) is 0.588. The molecule has 7 rings (SSSR count). The normalized spacial score (nSPS) is 21.0. The number of hydrogen-bond donors (Lipinski definition) is 1. The minimum absolute atomic E-state index is 0.863. The summed E-state index contributed by atoms with van der Waals surface area (Å²) >= 11 is 3.98. The van der Waals surface area contributed by atoms with Gasteiger partial charge in [0.2, 0.25) is 0 Å². The largest absolute Gasteiger partial charge is 0.383 e. The lowest BCUT2D eigenvalue weighted by Crippen LogP contribution is -2.40. The van der Waals surface area contributed by atoms with Crippen LogP contribution in [0.2, 0.25) is 0 Å². The number of halogens is 1. The molecule has 0 saturated carbocycles. The van der Waals surface area contributed by atoms with Gasteiger partial charge in [0.05, 0.1) is 26.4 Å². The number of nitrogens with one attached hydrogen (secondary N) is 1. The van der Waals surface area contributed by atoms with E-state index in [1.807, 2.05) is 0 Å². The van der Waals surface area contributed by atoms with Gasteiger partial charge in [-0.3, -0.25) is 9.80 Å². The highest BCUT2D eigenvalue weighted by Crippen LogP contribution is 2.16. The molecule has 43 heavy (non-hydrogen) atoms. The van der Waals surface area contributed by atoms with E-state index in [4.69, 9.17) is 9.47 Å². The van der Waals surface area contributed by atoms with E-state index in [-0.39, 0.29) is 0 Å². The van der Waals surface area contributed by atoms with Crippen LogP contribution in [0.5, 0.6) is 0 Å². The Kier molecular flexibility index (Phi) is 9.54. The fourth-order valence-electron chi connectivity index (χ4n) is 7.31. The SMILES string of the molecule is Brc1cc2c3c(c(NCCN4CCCC4)cc4c3c1=CN(CCCN1CCOCC1)C=4)=CN(CCCN1CCOCC1)C=2. The Hall–Kier alpha value is -2.14. The van der Waals surface area contributed by atoms with E-state index in [2.05, 4.69) is 82.7 Å². The Balaban J connectivity index is 1.17. The number of likely N-dealkylation sites (tertiary alicyclic amines) is 1. The second-order valence-electron chi connectivity index (χ2n) is 12.6. The van der Waals surface area contributed by atoms with Crippen LogP contribution in [0.15, 0.2) is 16.6 Å². The van der Waals surface area contributed by atoms with Gasteiger partial charge in [-0.05, 0) is 50.9 Å². The predicted molar refractivity (Wildman–Crippen MR) is 179 cm³/mol. The summed E-state index contributed by atoms with van der Waals surface area (Å²) in [7, 11) is 0. The van der Waals surface area contributed by atoms with E-state index in [0.717, 1.165) is 105 Å². The molecule has 0 bridgehead atoms. The fourth-order valence-corrected chi connectivity index (χ4v) is 7.85. The Morgan fingerprint density at radius 3 is 1.77 bits per heavy atom. The lowest BCUT2D eigenvalue weighted by molar-refractivity contribution is 0.0370. The van der Waals surface area contributed by atoms with Crippen LogP contribution in [0.4, 0.5) is 5.69 Å². The summed E-state index contributed by atoms with van der Waals surface area (Å²) in [6.45, 7) is 16.5. The zero-order chi connectivity index (χ0) is 29.0. The number of ether oxygens (including phenoxy) is 2. The van der Waals surface area contributed by atoms with Crippen molar-refractivity contribution in [2.45, 2.75) is 25.7 Å². The molecule has 3 saturated heterocycles. The number of rotatable bonds is 12. The Labute approximate surface area is 264 Å². The summed E-state index contributed by atoms with van der Waals surface area (Å²) in [4.78, 5) is 12.5. The lowest BCUT2D eigenvalue weighted by Gasteiger charge is -2.28. The summed E-state index contributed by atoms with van der Waals surface area (Å²) < 4.78 is 12.3. The molecular weight excluding hydrogens is 604 g/mol. The monoisotopic (exact) mass is 650 g/mol. The maximum absolute atomic E-state index is 5.55. The molecule has 232 valence electrons. The third-order valence-electron chi connectivity index (χ3n) is 9.63. The van der Waals surface area contributed by atoms with Gasteiger partial charge in [0.1, 0.15) is 0 Å². The second-order valence-corrected chi connectivity index (χ2v) is 13.5. The molecule has 0 aliphatic carbocycles. The zero-order valence-electron chi connectivity index (χ0n) is 25.5. The van der Waals surface area contributed by atoms with Crippen molar-refractivity contribution in [3.63, 3.8) is 0 Å². The Morgan fingerprint density at radius 2 is 1.14 bits per heavy atom. The van der Waals surface area contributed by atoms with Crippen LogP contribution in [0, 0.1) is 0 Å². The summed E-state index contributed by atoms with van der Waals surface area (Å²) in [6, 6.07) is 4.76. The highest BCUT2D eigenvalue weighted by molar-refractivity contribution is 9.10. The maximum atomic E-state index is 5.55. The molecule has 5 heterocycles. The third-order valence-corrected chi connectivity index (χ3v) is 10.3. The van der Waals surface area contributed by atoms with E-state index in [1.165, 1.54) is 67.7 Å². The maximum Gasteiger partial charge on any atom is 0.0594 e. The summed E-state index contributed by atoms with van der Waals surface area (Å²) in [5.74, 6) is 0. The van der Waals surface area contributed by atoms with E-state index in [1.54, 1.807) is 0 Å². The first-order valence-corrected chi connectivity index (χ1v) is 17.3. The van der Waals surface area contributed by atoms with Gasteiger partial charge in [-0.1, -0.05) is 15.9 Å². The van der Waals surface area contributed by atoms with Crippen LogP contribution in [0.1, 0.15) is 25.7 Å². The van der Waals surface area contributed by atoms with Gasteiger partial charge in [-0.2, -0.15) is 0 Å². The average Bonchev–Trinajstić information content (AvgIpc) is 3.55. The van der Waals surface area contributed by atoms with E-state index in [0.29, 0.717) is 0 Å². The molecule has 0 atom stereocenters. The van der Waals surface area contributed by atoms with Gasteiger partial charge >= 0.3 is 0 Å². The number of benzene rings is 2. The molecule has 0 amide bonds. The quantitative estimate of drug-likeness (QED) is 0.367. The number of nitrogens with zero attached hydrogens (tertiary/aromatic N) is 5. The van der Waals surface area contributed by atoms with Crippen LogP contribution in [0.25, 0.3) is 35.6 Å². The molecule has 2 aromatic carbocycles. The van der Waals surface area contributed by atoms with Crippen LogP contribution in [-0.4, -0.2) is 129 Å². The highest BCUT2D eigenvalue weighted by Gasteiger charge is 2.18. The first-order chi connectivity index (χ1) is 21.2. The second kappa shape index (κ2) is 13.9. The first kappa shape index (κ1) is 29.6. The molecule has 2 aromatic rings. The summed E-state index contributed by atoms with van der Waals surface area (Å²) in [6.07, 6.45) is 14.4. The molecule has 0 aromatic heterocycles. The number of hydrogen-bond acceptors (Lipinski definition) is 8. The highest BCUT2D eigenvalue weighted by atomic mass is 79.9.